The second-order valence-corrected chi connectivity index (χ2v) is 12.7. The molecule has 0 radical (unpaired) electrons. The largest absolute Gasteiger partial charge is 0.393 e. The molecule has 2 N–H and O–H groups in total. The maximum absolute atomic E-state index is 10.7. The van der Waals surface area contributed by atoms with E-state index in [1.165, 1.54) is 51.4 Å². The summed E-state index contributed by atoms with van der Waals surface area (Å²) in [7, 11) is 0. The highest BCUT2D eigenvalue weighted by atomic mass is 16.3. The first kappa shape index (κ1) is 22.1. The minimum Gasteiger partial charge on any atom is -0.393 e. The Morgan fingerprint density at radius 3 is 2.31 bits per heavy atom. The lowest BCUT2D eigenvalue weighted by molar-refractivity contribution is -0.148. The van der Waals surface area contributed by atoms with Crippen molar-refractivity contribution in [2.24, 2.45) is 46.3 Å². The van der Waals surface area contributed by atoms with Gasteiger partial charge in [0, 0.05) is 0 Å². The molecule has 4 saturated carbocycles. The summed E-state index contributed by atoms with van der Waals surface area (Å²) in [6.07, 6.45) is 14.7. The number of hydrogen-bond acceptors (Lipinski definition) is 2. The number of aliphatic hydroxyl groups is 2. The number of aliphatic hydroxyl groups excluding tert-OH is 1. The van der Waals surface area contributed by atoms with Crippen molar-refractivity contribution in [3.63, 3.8) is 0 Å². The van der Waals surface area contributed by atoms with Crippen molar-refractivity contribution >= 4 is 0 Å². The second kappa shape index (κ2) is 7.80. The van der Waals surface area contributed by atoms with Gasteiger partial charge in [0.1, 0.15) is 0 Å². The summed E-state index contributed by atoms with van der Waals surface area (Å²) in [4.78, 5) is 0. The normalized spacial score (nSPS) is 51.6. The van der Waals surface area contributed by atoms with Gasteiger partial charge in [-0.05, 0) is 130 Å². The van der Waals surface area contributed by atoms with E-state index >= 15 is 0 Å². The summed E-state index contributed by atoms with van der Waals surface area (Å²) in [5.41, 5.74) is 0.583. The lowest BCUT2D eigenvalue weighted by Gasteiger charge is -2.62. The minimum atomic E-state index is -0.420. The van der Waals surface area contributed by atoms with E-state index in [9.17, 15) is 10.2 Å². The van der Waals surface area contributed by atoms with Crippen LogP contribution >= 0.6 is 0 Å². The van der Waals surface area contributed by atoms with E-state index in [1.807, 2.05) is 0 Å². The molecule has 0 aromatic rings. The fourth-order valence-corrected chi connectivity index (χ4v) is 9.27. The van der Waals surface area contributed by atoms with Crippen molar-refractivity contribution in [3.05, 3.63) is 0 Å². The van der Waals surface area contributed by atoms with Crippen LogP contribution in [0.4, 0.5) is 0 Å². The monoisotopic (exact) mass is 404 g/mol. The van der Waals surface area contributed by atoms with E-state index in [0.717, 1.165) is 61.2 Å². The van der Waals surface area contributed by atoms with Crippen molar-refractivity contribution in [1.82, 2.24) is 0 Å². The Labute approximate surface area is 180 Å². The molecule has 0 aliphatic heterocycles. The molecule has 168 valence electrons. The van der Waals surface area contributed by atoms with Crippen molar-refractivity contribution in [2.75, 3.05) is 0 Å². The lowest BCUT2D eigenvalue weighted by atomic mass is 9.43. The molecule has 4 aliphatic carbocycles. The van der Waals surface area contributed by atoms with E-state index in [-0.39, 0.29) is 6.10 Å². The molecule has 4 fully saturated rings. The smallest absolute Gasteiger partial charge is 0.0622 e. The van der Waals surface area contributed by atoms with Crippen LogP contribution in [0.3, 0.4) is 0 Å². The molecular formula is C27H48O2. The first-order chi connectivity index (χ1) is 13.6. The predicted octanol–water partition coefficient (Wildman–Crippen LogP) is 6.58. The van der Waals surface area contributed by atoms with Gasteiger partial charge in [-0.3, -0.25) is 0 Å². The zero-order valence-corrected chi connectivity index (χ0v) is 19.9. The summed E-state index contributed by atoms with van der Waals surface area (Å²) in [5.74, 6) is 5.09. The highest BCUT2D eigenvalue weighted by Crippen LogP contribution is 2.68. The summed E-state index contributed by atoms with van der Waals surface area (Å²) < 4.78 is 0. The van der Waals surface area contributed by atoms with Gasteiger partial charge in [-0.15, -0.1) is 0 Å². The summed E-state index contributed by atoms with van der Waals surface area (Å²) in [6.45, 7) is 11.9. The zero-order valence-electron chi connectivity index (χ0n) is 19.9. The van der Waals surface area contributed by atoms with Crippen molar-refractivity contribution in [1.29, 1.82) is 0 Å². The number of hydrogen-bond donors (Lipinski definition) is 2. The van der Waals surface area contributed by atoms with E-state index in [2.05, 4.69) is 34.6 Å². The fourth-order valence-electron chi connectivity index (χ4n) is 9.27. The first-order valence-electron chi connectivity index (χ1n) is 13.0. The summed E-state index contributed by atoms with van der Waals surface area (Å²) in [6, 6.07) is 0. The van der Waals surface area contributed by atoms with Gasteiger partial charge < -0.3 is 10.2 Å². The Balaban J connectivity index is 1.48. The van der Waals surface area contributed by atoms with Crippen molar-refractivity contribution in [3.8, 4) is 0 Å². The average Bonchev–Trinajstić information content (AvgIpc) is 3.03. The molecule has 0 heterocycles. The molecule has 4 rings (SSSR count). The topological polar surface area (TPSA) is 40.5 Å². The zero-order chi connectivity index (χ0) is 21.0. The first-order valence-corrected chi connectivity index (χ1v) is 13.0. The predicted molar refractivity (Wildman–Crippen MR) is 121 cm³/mol. The maximum atomic E-state index is 10.7. The van der Waals surface area contributed by atoms with Crippen LogP contribution in [0.2, 0.25) is 0 Å². The van der Waals surface area contributed by atoms with E-state index in [0.29, 0.717) is 10.8 Å². The van der Waals surface area contributed by atoms with E-state index < -0.39 is 5.60 Å². The third-order valence-electron chi connectivity index (χ3n) is 11.1. The van der Waals surface area contributed by atoms with Crippen molar-refractivity contribution < 1.29 is 10.2 Å². The van der Waals surface area contributed by atoms with Gasteiger partial charge in [-0.1, -0.05) is 27.7 Å². The molecular weight excluding hydrogens is 356 g/mol. The van der Waals surface area contributed by atoms with Gasteiger partial charge >= 0.3 is 0 Å². The molecule has 2 heteroatoms. The molecule has 0 amide bonds. The lowest BCUT2D eigenvalue weighted by Crippen LogP contribution is -2.55. The van der Waals surface area contributed by atoms with Gasteiger partial charge in [0.2, 0.25) is 0 Å². The second-order valence-electron chi connectivity index (χ2n) is 12.7. The van der Waals surface area contributed by atoms with Crippen LogP contribution < -0.4 is 0 Å². The summed E-state index contributed by atoms with van der Waals surface area (Å²) >= 11 is 0. The highest BCUT2D eigenvalue weighted by molar-refractivity contribution is 5.10. The summed E-state index contributed by atoms with van der Waals surface area (Å²) in [5, 5.41) is 20.8. The molecule has 4 aliphatic rings. The molecule has 29 heavy (non-hydrogen) atoms. The maximum Gasteiger partial charge on any atom is 0.0622 e. The van der Waals surface area contributed by atoms with E-state index in [1.54, 1.807) is 0 Å². The van der Waals surface area contributed by atoms with Crippen LogP contribution in [-0.4, -0.2) is 21.9 Å². The molecule has 0 saturated heterocycles. The Morgan fingerprint density at radius 2 is 1.59 bits per heavy atom. The third-order valence-corrected chi connectivity index (χ3v) is 11.1. The molecule has 0 aromatic heterocycles. The molecule has 10 atom stereocenters. The number of rotatable bonds is 5. The fraction of sp³-hybridized carbons (Fsp3) is 1.00. The van der Waals surface area contributed by atoms with Crippen LogP contribution in [0.15, 0.2) is 0 Å². The number of fused-ring (bicyclic) bond motifs is 5. The van der Waals surface area contributed by atoms with Crippen LogP contribution in [0, 0.1) is 46.3 Å². The standard InChI is InChI=1S/C27H48O2/c1-6-20(28)9-7-18(2)22-11-12-23-21-10-8-19-17-25(3,29)15-16-26(19,4)24(21)13-14-27(22,23)5/h18-24,28-29H,6-17H2,1-5H3/t18-,19-,20+,21+,22-,23+,24+,25+,26+,27-/m1/s1. The Morgan fingerprint density at radius 1 is 0.862 bits per heavy atom. The van der Waals surface area contributed by atoms with Gasteiger partial charge in [-0.25, -0.2) is 0 Å². The van der Waals surface area contributed by atoms with Gasteiger partial charge in [-0.2, -0.15) is 0 Å². The average molecular weight is 405 g/mol. The SMILES string of the molecule is CC[C@H](O)CC[C@@H](C)[C@H]1CC[C@H]2[C@@H]3CC[C@@H]4C[C@@](C)(O)CC[C@]4(C)[C@H]3CC[C@]12C. The molecule has 0 unspecified atom stereocenters. The van der Waals surface area contributed by atoms with Crippen LogP contribution in [-0.2, 0) is 0 Å². The molecule has 0 spiro atoms. The van der Waals surface area contributed by atoms with Crippen LogP contribution in [0.5, 0.6) is 0 Å². The molecule has 2 nitrogen and oxygen atoms in total. The van der Waals surface area contributed by atoms with Crippen LogP contribution in [0.25, 0.3) is 0 Å². The quantitative estimate of drug-likeness (QED) is 0.543. The minimum absolute atomic E-state index is 0.100. The van der Waals surface area contributed by atoms with E-state index in [4.69, 9.17) is 0 Å². The molecule has 0 aromatic carbocycles. The van der Waals surface area contributed by atoms with Gasteiger partial charge in [0.25, 0.3) is 0 Å². The molecule has 0 bridgehead atoms. The van der Waals surface area contributed by atoms with Crippen LogP contribution in [0.1, 0.15) is 112 Å². The highest BCUT2D eigenvalue weighted by Gasteiger charge is 2.61. The van der Waals surface area contributed by atoms with Gasteiger partial charge in [0.05, 0.1) is 11.7 Å². The Kier molecular flexibility index (Phi) is 5.95. The Hall–Kier alpha value is -0.0800. The third kappa shape index (κ3) is 3.73. The Bertz CT molecular complexity index is 585. The van der Waals surface area contributed by atoms with Crippen molar-refractivity contribution in [2.45, 2.75) is 123 Å². The van der Waals surface area contributed by atoms with Gasteiger partial charge in [0.15, 0.2) is 0 Å².